The van der Waals surface area contributed by atoms with Gasteiger partial charge in [-0.3, -0.25) is 9.59 Å². The van der Waals surface area contributed by atoms with Gasteiger partial charge in [-0.2, -0.15) is 0 Å². The summed E-state index contributed by atoms with van der Waals surface area (Å²) in [5, 5.41) is 12.3. The van der Waals surface area contributed by atoms with E-state index in [-0.39, 0.29) is 22.9 Å². The van der Waals surface area contributed by atoms with Gasteiger partial charge in [0.1, 0.15) is 6.04 Å². The summed E-state index contributed by atoms with van der Waals surface area (Å²) in [5.41, 5.74) is 5.73. The van der Waals surface area contributed by atoms with Gasteiger partial charge in [0.15, 0.2) is 5.75 Å². The minimum Gasteiger partial charge on any atom is -0.505 e. The minimum absolute atomic E-state index is 0.0809. The smallest absolute Gasteiger partial charge is 0.255 e. The Morgan fingerprint density at radius 1 is 1.56 bits per heavy atom. The standard InChI is InChI=1S/C12H15N3O3/c1-15-6-5-9(12(15)18)14-11(17)7-3-2-4-8(13)10(7)16/h2-4,9,16H,5-6,13H2,1H3,(H,14,17). The molecule has 1 aromatic carbocycles. The van der Waals surface area contributed by atoms with Crippen molar-refractivity contribution in [2.75, 3.05) is 19.3 Å². The highest BCUT2D eigenvalue weighted by Gasteiger charge is 2.30. The van der Waals surface area contributed by atoms with Crippen LogP contribution in [0, 0.1) is 0 Å². The van der Waals surface area contributed by atoms with Crippen molar-refractivity contribution in [2.45, 2.75) is 12.5 Å². The summed E-state index contributed by atoms with van der Waals surface area (Å²) in [6.07, 6.45) is 0.574. The molecule has 1 aromatic rings. The molecule has 0 aliphatic carbocycles. The van der Waals surface area contributed by atoms with Gasteiger partial charge in [0.25, 0.3) is 5.91 Å². The summed E-state index contributed by atoms with van der Waals surface area (Å²) in [6.45, 7) is 0.618. The van der Waals surface area contributed by atoms with Crippen molar-refractivity contribution in [3.05, 3.63) is 23.8 Å². The maximum absolute atomic E-state index is 11.9. The van der Waals surface area contributed by atoms with E-state index in [4.69, 9.17) is 5.73 Å². The molecule has 96 valence electrons. The summed E-state index contributed by atoms with van der Waals surface area (Å²) < 4.78 is 0. The molecule has 2 rings (SSSR count). The van der Waals surface area contributed by atoms with E-state index in [9.17, 15) is 14.7 Å². The Labute approximate surface area is 104 Å². The first kappa shape index (κ1) is 12.2. The normalized spacial score (nSPS) is 19.1. The predicted octanol–water partition coefficient (Wildman–Crippen LogP) is -0.0651. The highest BCUT2D eigenvalue weighted by Crippen LogP contribution is 2.24. The van der Waals surface area contributed by atoms with Crippen molar-refractivity contribution < 1.29 is 14.7 Å². The van der Waals surface area contributed by atoms with Gasteiger partial charge >= 0.3 is 0 Å². The molecule has 2 amide bonds. The summed E-state index contributed by atoms with van der Waals surface area (Å²) in [5.74, 6) is -0.867. The van der Waals surface area contributed by atoms with Crippen LogP contribution in [-0.2, 0) is 4.79 Å². The third-order valence-electron chi connectivity index (χ3n) is 3.04. The minimum atomic E-state index is -0.525. The summed E-state index contributed by atoms with van der Waals surface area (Å²) >= 11 is 0. The number of likely N-dealkylation sites (N-methyl/N-ethyl adjacent to an activating group) is 1. The number of nitrogen functional groups attached to an aromatic ring is 1. The van der Waals surface area contributed by atoms with Crippen LogP contribution in [0.5, 0.6) is 5.75 Å². The van der Waals surface area contributed by atoms with Gasteiger partial charge in [0.2, 0.25) is 5.91 Å². The Hall–Kier alpha value is -2.24. The van der Waals surface area contributed by atoms with E-state index >= 15 is 0 Å². The molecule has 0 bridgehead atoms. The van der Waals surface area contributed by atoms with E-state index in [0.29, 0.717) is 13.0 Å². The van der Waals surface area contributed by atoms with Crippen LogP contribution >= 0.6 is 0 Å². The van der Waals surface area contributed by atoms with Crippen molar-refractivity contribution in [2.24, 2.45) is 0 Å². The number of nitrogens with one attached hydrogen (secondary N) is 1. The fraction of sp³-hybridized carbons (Fsp3) is 0.333. The third-order valence-corrected chi connectivity index (χ3v) is 3.04. The van der Waals surface area contributed by atoms with Crippen LogP contribution < -0.4 is 11.1 Å². The monoisotopic (exact) mass is 249 g/mol. The number of anilines is 1. The van der Waals surface area contributed by atoms with Gasteiger partial charge in [0.05, 0.1) is 11.3 Å². The number of carbonyl (C=O) groups is 2. The molecule has 0 spiro atoms. The molecule has 1 fully saturated rings. The topological polar surface area (TPSA) is 95.7 Å². The quantitative estimate of drug-likeness (QED) is 0.505. The van der Waals surface area contributed by atoms with Crippen LogP contribution in [0.3, 0.4) is 0 Å². The molecule has 4 N–H and O–H groups in total. The summed E-state index contributed by atoms with van der Waals surface area (Å²) in [6, 6.07) is 4.01. The van der Waals surface area contributed by atoms with Gasteiger partial charge in [-0.15, -0.1) is 0 Å². The van der Waals surface area contributed by atoms with Gasteiger partial charge in [0, 0.05) is 13.6 Å². The average molecular weight is 249 g/mol. The van der Waals surface area contributed by atoms with Crippen molar-refractivity contribution in [3.8, 4) is 5.75 Å². The summed E-state index contributed by atoms with van der Waals surface area (Å²) in [7, 11) is 1.69. The van der Waals surface area contributed by atoms with Crippen molar-refractivity contribution >= 4 is 17.5 Å². The van der Waals surface area contributed by atoms with E-state index in [1.54, 1.807) is 18.0 Å². The molecule has 6 heteroatoms. The fourth-order valence-corrected chi connectivity index (χ4v) is 1.94. The van der Waals surface area contributed by atoms with Crippen LogP contribution in [0.25, 0.3) is 0 Å². The van der Waals surface area contributed by atoms with E-state index in [2.05, 4.69) is 5.32 Å². The molecule has 0 saturated carbocycles. The number of para-hydroxylation sites is 1. The Bertz CT molecular complexity index is 501. The molecule has 1 atom stereocenters. The number of hydrogen-bond donors (Lipinski definition) is 3. The second-order valence-corrected chi connectivity index (χ2v) is 4.32. The molecule has 1 heterocycles. The Balaban J connectivity index is 2.13. The second-order valence-electron chi connectivity index (χ2n) is 4.32. The van der Waals surface area contributed by atoms with Crippen molar-refractivity contribution in [3.63, 3.8) is 0 Å². The SMILES string of the molecule is CN1CCC(NC(=O)c2cccc(N)c2O)C1=O. The molecule has 0 radical (unpaired) electrons. The Morgan fingerprint density at radius 3 is 2.89 bits per heavy atom. The highest BCUT2D eigenvalue weighted by molar-refractivity contribution is 6.01. The van der Waals surface area contributed by atoms with Crippen LogP contribution in [0.2, 0.25) is 0 Å². The Kier molecular flexibility index (Phi) is 3.10. The Morgan fingerprint density at radius 2 is 2.28 bits per heavy atom. The number of phenolic OH excluding ortho intramolecular Hbond substituents is 1. The van der Waals surface area contributed by atoms with Crippen molar-refractivity contribution in [1.82, 2.24) is 10.2 Å². The van der Waals surface area contributed by atoms with Crippen LogP contribution in [-0.4, -0.2) is 41.5 Å². The zero-order valence-electron chi connectivity index (χ0n) is 10.0. The number of amides is 2. The highest BCUT2D eigenvalue weighted by atomic mass is 16.3. The molecule has 0 aromatic heterocycles. The van der Waals surface area contributed by atoms with E-state index in [0.717, 1.165) is 0 Å². The first-order chi connectivity index (χ1) is 8.50. The molecule has 1 aliphatic heterocycles. The van der Waals surface area contributed by atoms with Gasteiger partial charge in [-0.1, -0.05) is 6.07 Å². The zero-order chi connectivity index (χ0) is 13.3. The summed E-state index contributed by atoms with van der Waals surface area (Å²) in [4.78, 5) is 25.1. The number of hydrogen-bond acceptors (Lipinski definition) is 4. The second kappa shape index (κ2) is 4.56. The van der Waals surface area contributed by atoms with E-state index in [1.807, 2.05) is 0 Å². The van der Waals surface area contributed by atoms with Crippen LogP contribution in [0.1, 0.15) is 16.8 Å². The maximum Gasteiger partial charge on any atom is 0.255 e. The zero-order valence-corrected chi connectivity index (χ0v) is 10.0. The van der Waals surface area contributed by atoms with Crippen LogP contribution in [0.15, 0.2) is 18.2 Å². The number of phenols is 1. The third kappa shape index (κ3) is 2.09. The van der Waals surface area contributed by atoms with Gasteiger partial charge in [-0.05, 0) is 18.6 Å². The molecular formula is C12H15N3O3. The lowest BCUT2D eigenvalue weighted by atomic mass is 10.1. The number of nitrogens with zero attached hydrogens (tertiary/aromatic N) is 1. The first-order valence-corrected chi connectivity index (χ1v) is 5.64. The lowest BCUT2D eigenvalue weighted by Gasteiger charge is -2.13. The molecule has 1 aliphatic rings. The van der Waals surface area contributed by atoms with Gasteiger partial charge < -0.3 is 21.1 Å². The van der Waals surface area contributed by atoms with Crippen LogP contribution in [0.4, 0.5) is 5.69 Å². The number of likely N-dealkylation sites (tertiary alicyclic amines) is 1. The molecular weight excluding hydrogens is 234 g/mol. The average Bonchev–Trinajstić information content (AvgIpc) is 2.64. The first-order valence-electron chi connectivity index (χ1n) is 5.64. The lowest BCUT2D eigenvalue weighted by Crippen LogP contribution is -2.40. The van der Waals surface area contributed by atoms with E-state index in [1.165, 1.54) is 12.1 Å². The fourth-order valence-electron chi connectivity index (χ4n) is 1.94. The molecule has 6 nitrogen and oxygen atoms in total. The lowest BCUT2D eigenvalue weighted by molar-refractivity contribution is -0.128. The van der Waals surface area contributed by atoms with Crippen molar-refractivity contribution in [1.29, 1.82) is 0 Å². The predicted molar refractivity (Wildman–Crippen MR) is 66.0 cm³/mol. The molecule has 18 heavy (non-hydrogen) atoms. The number of benzene rings is 1. The van der Waals surface area contributed by atoms with Gasteiger partial charge in [-0.25, -0.2) is 0 Å². The maximum atomic E-state index is 11.9. The number of rotatable bonds is 2. The largest absolute Gasteiger partial charge is 0.505 e. The number of carbonyl (C=O) groups excluding carboxylic acids is 2. The van der Waals surface area contributed by atoms with E-state index < -0.39 is 11.9 Å². The molecule has 1 saturated heterocycles. The number of nitrogens with two attached hydrogens (primary N) is 1. The number of aromatic hydroxyl groups is 1. The molecule has 1 unspecified atom stereocenters.